The molecule has 6 nitrogen and oxygen atoms in total. The van der Waals surface area contributed by atoms with Crippen LogP contribution in [-0.2, 0) is 0 Å². The van der Waals surface area contributed by atoms with Gasteiger partial charge in [0.25, 0.3) is 0 Å². The van der Waals surface area contributed by atoms with Gasteiger partial charge in [0.05, 0.1) is 12.0 Å². The number of hydrogen-bond donors (Lipinski definition) is 2. The number of aliphatic hydroxyl groups is 1. The van der Waals surface area contributed by atoms with Crippen molar-refractivity contribution < 1.29 is 24.1 Å². The summed E-state index contributed by atoms with van der Waals surface area (Å²) in [5, 5.41) is 19.6. The van der Waals surface area contributed by atoms with Crippen LogP contribution < -0.4 is 15.1 Å². The van der Waals surface area contributed by atoms with Crippen LogP contribution >= 0.6 is 0 Å². The first-order chi connectivity index (χ1) is 13.4. The van der Waals surface area contributed by atoms with E-state index in [1.54, 1.807) is 12.1 Å². The molecule has 0 atom stereocenters. The zero-order valence-corrected chi connectivity index (χ0v) is 16.7. The number of benzene rings is 1. The van der Waals surface area contributed by atoms with Crippen LogP contribution in [0.1, 0.15) is 40.0 Å². The molecule has 1 aromatic carbocycles. The summed E-state index contributed by atoms with van der Waals surface area (Å²) in [4.78, 5) is 12.2. The molecule has 0 bridgehead atoms. The Morgan fingerprint density at radius 2 is 1.96 bits per heavy atom. The van der Waals surface area contributed by atoms with Gasteiger partial charge in [-0.2, -0.15) is 0 Å². The minimum Gasteiger partial charge on any atom is -0.504 e. The predicted octanol–water partition coefficient (Wildman–Crippen LogP) is 4.33. The van der Waals surface area contributed by atoms with Gasteiger partial charge in [-0.15, -0.1) is 0 Å². The topological polar surface area (TPSA) is 89.1 Å². The molecule has 0 spiro atoms. The van der Waals surface area contributed by atoms with Crippen molar-refractivity contribution in [3.63, 3.8) is 0 Å². The molecule has 0 aliphatic heterocycles. The minimum atomic E-state index is -0.742. The lowest BCUT2D eigenvalue weighted by atomic mass is 10.1. The monoisotopic (exact) mass is 388 g/mol. The third-order valence-corrected chi connectivity index (χ3v) is 4.13. The molecule has 0 aliphatic carbocycles. The minimum absolute atomic E-state index is 0.0347. The molecule has 2 rings (SSSR count). The second-order valence-corrected chi connectivity index (χ2v) is 6.83. The van der Waals surface area contributed by atoms with Gasteiger partial charge in [-0.25, -0.2) is 4.79 Å². The lowest BCUT2D eigenvalue weighted by Crippen LogP contribution is -2.08. The average molecular weight is 388 g/mol. The van der Waals surface area contributed by atoms with Gasteiger partial charge in [-0.1, -0.05) is 17.2 Å². The van der Waals surface area contributed by atoms with Crippen LogP contribution in [0.5, 0.6) is 17.2 Å². The molecule has 2 N–H and O–H groups in total. The van der Waals surface area contributed by atoms with Crippen LogP contribution in [0.15, 0.2) is 50.7 Å². The summed E-state index contributed by atoms with van der Waals surface area (Å²) >= 11 is 0. The molecule has 1 heterocycles. The maximum absolute atomic E-state index is 12.2. The first kappa shape index (κ1) is 21.6. The highest BCUT2D eigenvalue weighted by atomic mass is 16.5. The molecule has 0 amide bonds. The summed E-state index contributed by atoms with van der Waals surface area (Å²) in [7, 11) is 0. The third-order valence-electron chi connectivity index (χ3n) is 4.13. The number of aliphatic hydroxyl groups excluding tert-OH is 1. The van der Waals surface area contributed by atoms with E-state index in [2.05, 4.69) is 19.9 Å². The molecular formula is C22H28O6. The highest BCUT2D eigenvalue weighted by molar-refractivity contribution is 5.86. The molecule has 2 aromatic rings. The van der Waals surface area contributed by atoms with Gasteiger partial charge < -0.3 is 24.1 Å². The van der Waals surface area contributed by atoms with Crippen molar-refractivity contribution in [3.8, 4) is 17.2 Å². The quantitative estimate of drug-likeness (QED) is 0.358. The Kier molecular flexibility index (Phi) is 8.14. The van der Waals surface area contributed by atoms with E-state index < -0.39 is 5.63 Å². The Hall–Kier alpha value is -2.73. The number of rotatable bonds is 10. The van der Waals surface area contributed by atoms with E-state index in [1.807, 2.05) is 13.0 Å². The van der Waals surface area contributed by atoms with Crippen molar-refractivity contribution in [3.05, 3.63) is 51.9 Å². The second kappa shape index (κ2) is 10.6. The second-order valence-electron chi connectivity index (χ2n) is 6.83. The van der Waals surface area contributed by atoms with Crippen molar-refractivity contribution >= 4 is 11.0 Å². The average Bonchev–Trinajstić information content (AvgIpc) is 2.64. The maximum Gasteiger partial charge on any atom is 0.383 e. The Morgan fingerprint density at radius 1 is 1.18 bits per heavy atom. The fraction of sp³-hybridized carbons (Fsp3) is 0.409. The Balaban J connectivity index is 2.10. The summed E-state index contributed by atoms with van der Waals surface area (Å²) in [5.74, 6) is 0.0469. The van der Waals surface area contributed by atoms with Gasteiger partial charge >= 0.3 is 5.63 Å². The first-order valence-electron chi connectivity index (χ1n) is 9.37. The number of ether oxygens (including phenoxy) is 2. The van der Waals surface area contributed by atoms with Gasteiger partial charge in [-0.3, -0.25) is 0 Å². The highest BCUT2D eigenvalue weighted by Gasteiger charge is 2.15. The fourth-order valence-electron chi connectivity index (χ4n) is 2.58. The van der Waals surface area contributed by atoms with Gasteiger partial charge in [0.1, 0.15) is 17.9 Å². The van der Waals surface area contributed by atoms with Crippen molar-refractivity contribution in [1.82, 2.24) is 0 Å². The molecule has 152 valence electrons. The molecule has 28 heavy (non-hydrogen) atoms. The smallest absolute Gasteiger partial charge is 0.383 e. The maximum atomic E-state index is 12.2. The zero-order chi connectivity index (χ0) is 20.5. The molecule has 0 radical (unpaired) electrons. The van der Waals surface area contributed by atoms with Crippen LogP contribution in [-0.4, -0.2) is 30.0 Å². The number of fused-ring (bicyclic) bond motifs is 1. The van der Waals surface area contributed by atoms with Crippen LogP contribution in [0, 0.1) is 0 Å². The highest BCUT2D eigenvalue weighted by Crippen LogP contribution is 2.33. The summed E-state index contributed by atoms with van der Waals surface area (Å²) in [6.07, 6.45) is 6.42. The first-order valence-corrected chi connectivity index (χ1v) is 9.37. The zero-order valence-electron chi connectivity index (χ0n) is 16.7. The number of hydrogen-bond acceptors (Lipinski definition) is 6. The molecule has 0 fully saturated rings. The summed E-state index contributed by atoms with van der Waals surface area (Å²) in [6.45, 7) is 6.68. The lowest BCUT2D eigenvalue weighted by Gasteiger charge is -2.09. The predicted molar refractivity (Wildman–Crippen MR) is 109 cm³/mol. The number of allylic oxidation sites excluding steroid dienone is 3. The SMILES string of the molecule is CC(C)=CCCC(C)=CCOc1c(O)c2ccc(OCCCO)cc2oc1=O. The summed E-state index contributed by atoms with van der Waals surface area (Å²) in [6, 6.07) is 4.80. The van der Waals surface area contributed by atoms with E-state index in [0.29, 0.717) is 24.2 Å². The van der Waals surface area contributed by atoms with Crippen LogP contribution in [0.25, 0.3) is 11.0 Å². The van der Waals surface area contributed by atoms with E-state index in [9.17, 15) is 9.90 Å². The molecule has 0 saturated carbocycles. The Bertz CT molecular complexity index is 903. The van der Waals surface area contributed by atoms with E-state index in [1.165, 1.54) is 11.6 Å². The largest absolute Gasteiger partial charge is 0.504 e. The standard InChI is InChI=1S/C22H28O6/c1-15(2)6-4-7-16(3)10-13-27-21-20(24)18-9-8-17(26-12-5-11-23)14-19(18)28-22(21)25/h6,8-10,14,23-24H,4-5,7,11-13H2,1-3H3. The van der Waals surface area contributed by atoms with E-state index in [0.717, 1.165) is 18.4 Å². The van der Waals surface area contributed by atoms with Gasteiger partial charge in [0, 0.05) is 19.1 Å². The Labute approximate surface area is 164 Å². The van der Waals surface area contributed by atoms with Gasteiger partial charge in [-0.05, 0) is 51.8 Å². The normalized spacial score (nSPS) is 11.5. The lowest BCUT2D eigenvalue weighted by molar-refractivity contribution is 0.233. The van der Waals surface area contributed by atoms with Crippen molar-refractivity contribution in [2.75, 3.05) is 19.8 Å². The van der Waals surface area contributed by atoms with Crippen molar-refractivity contribution in [2.24, 2.45) is 0 Å². The fourth-order valence-corrected chi connectivity index (χ4v) is 2.58. The number of aromatic hydroxyl groups is 1. The van der Waals surface area contributed by atoms with E-state index in [4.69, 9.17) is 19.0 Å². The van der Waals surface area contributed by atoms with Crippen molar-refractivity contribution in [2.45, 2.75) is 40.0 Å². The van der Waals surface area contributed by atoms with Gasteiger partial charge in [0.2, 0.25) is 5.75 Å². The molecule has 0 aliphatic rings. The molecule has 0 unspecified atom stereocenters. The summed E-state index contributed by atoms with van der Waals surface area (Å²) in [5.41, 5.74) is 1.90. The van der Waals surface area contributed by atoms with Crippen LogP contribution in [0.4, 0.5) is 0 Å². The molecular weight excluding hydrogens is 360 g/mol. The van der Waals surface area contributed by atoms with Gasteiger partial charge in [0.15, 0.2) is 5.75 Å². The summed E-state index contributed by atoms with van der Waals surface area (Å²) < 4.78 is 16.2. The molecule has 6 heteroatoms. The van der Waals surface area contributed by atoms with Crippen molar-refractivity contribution in [1.29, 1.82) is 0 Å². The Morgan fingerprint density at radius 3 is 2.68 bits per heavy atom. The van der Waals surface area contributed by atoms with E-state index in [-0.39, 0.29) is 30.3 Å². The third kappa shape index (κ3) is 6.16. The molecule has 1 aromatic heterocycles. The van der Waals surface area contributed by atoms with Crippen LogP contribution in [0.3, 0.4) is 0 Å². The molecule has 0 saturated heterocycles. The van der Waals surface area contributed by atoms with E-state index >= 15 is 0 Å². The van der Waals surface area contributed by atoms with Crippen LogP contribution in [0.2, 0.25) is 0 Å².